The summed E-state index contributed by atoms with van der Waals surface area (Å²) in [4.78, 5) is 35.2. The van der Waals surface area contributed by atoms with Crippen molar-refractivity contribution in [1.29, 1.82) is 0 Å². The molecule has 0 saturated heterocycles. The fourth-order valence-electron chi connectivity index (χ4n) is 4.49. The Morgan fingerprint density at radius 1 is 1.34 bits per heavy atom. The van der Waals surface area contributed by atoms with Crippen LogP contribution in [0.4, 0.5) is 4.39 Å². The Kier molecular flexibility index (Phi) is 4.42. The first-order chi connectivity index (χ1) is 15.3. The van der Waals surface area contributed by atoms with Crippen molar-refractivity contribution >= 4 is 23.1 Å². The zero-order valence-corrected chi connectivity index (χ0v) is 17.7. The number of oxime groups is 1. The number of rotatable bonds is 3. The van der Waals surface area contributed by atoms with Gasteiger partial charge in [0, 0.05) is 28.1 Å². The van der Waals surface area contributed by atoms with Crippen molar-refractivity contribution in [2.45, 2.75) is 39.0 Å². The molecule has 2 aromatic heterocycles. The van der Waals surface area contributed by atoms with E-state index in [1.165, 1.54) is 24.0 Å². The average Bonchev–Trinajstić information content (AvgIpc) is 3.14. The van der Waals surface area contributed by atoms with Crippen LogP contribution in [-0.2, 0) is 33.1 Å². The van der Waals surface area contributed by atoms with Crippen LogP contribution in [0.5, 0.6) is 0 Å². The van der Waals surface area contributed by atoms with E-state index in [9.17, 15) is 19.1 Å². The number of cyclic esters (lactones) is 1. The highest BCUT2D eigenvalue weighted by Gasteiger charge is 2.45. The minimum absolute atomic E-state index is 0.0516. The van der Waals surface area contributed by atoms with Crippen molar-refractivity contribution in [3.8, 4) is 11.4 Å². The molecule has 1 atom stereocenters. The van der Waals surface area contributed by atoms with E-state index in [-0.39, 0.29) is 36.3 Å². The van der Waals surface area contributed by atoms with Crippen molar-refractivity contribution in [3.05, 3.63) is 62.2 Å². The molecular formula is C23H20FN3O5. The van der Waals surface area contributed by atoms with E-state index >= 15 is 0 Å². The molecule has 2 aliphatic heterocycles. The second-order valence-corrected chi connectivity index (χ2v) is 7.99. The molecule has 0 unspecified atom stereocenters. The predicted molar refractivity (Wildman–Crippen MR) is 114 cm³/mol. The quantitative estimate of drug-likeness (QED) is 0.300. The minimum Gasteiger partial charge on any atom is -0.458 e. The maximum absolute atomic E-state index is 14.3. The van der Waals surface area contributed by atoms with Crippen LogP contribution in [0.15, 0.2) is 28.1 Å². The van der Waals surface area contributed by atoms with E-state index < -0.39 is 17.4 Å². The number of aryl methyl sites for hydroxylation is 1. The molecule has 0 aliphatic carbocycles. The summed E-state index contributed by atoms with van der Waals surface area (Å²) in [7, 11) is 1.42. The number of fused-ring (bicyclic) bond motifs is 5. The predicted octanol–water partition coefficient (Wildman–Crippen LogP) is 2.51. The fraction of sp³-hybridized carbons (Fsp3) is 0.304. The minimum atomic E-state index is -1.91. The van der Waals surface area contributed by atoms with E-state index in [2.05, 4.69) is 10.1 Å². The van der Waals surface area contributed by atoms with Gasteiger partial charge in [-0.05, 0) is 31.0 Å². The first kappa shape index (κ1) is 20.3. The summed E-state index contributed by atoms with van der Waals surface area (Å²) in [6, 6.07) is 4.65. The smallest absolute Gasteiger partial charge is 0.343 e. The lowest BCUT2D eigenvalue weighted by molar-refractivity contribution is -0.172. The normalized spacial score (nSPS) is 19.1. The molecule has 9 heteroatoms. The third-order valence-corrected chi connectivity index (χ3v) is 6.30. The van der Waals surface area contributed by atoms with E-state index in [4.69, 9.17) is 9.57 Å². The topological polar surface area (TPSA) is 103 Å². The van der Waals surface area contributed by atoms with E-state index in [0.29, 0.717) is 33.4 Å². The highest BCUT2D eigenvalue weighted by molar-refractivity contribution is 6.02. The highest BCUT2D eigenvalue weighted by atomic mass is 19.1. The van der Waals surface area contributed by atoms with Gasteiger partial charge < -0.3 is 19.2 Å². The lowest BCUT2D eigenvalue weighted by Crippen LogP contribution is -2.44. The van der Waals surface area contributed by atoms with Crippen LogP contribution in [0.3, 0.4) is 0 Å². The van der Waals surface area contributed by atoms with Crippen LogP contribution in [0.25, 0.3) is 22.3 Å². The molecule has 0 amide bonds. The Labute approximate surface area is 181 Å². The largest absolute Gasteiger partial charge is 0.458 e. The number of aliphatic hydroxyl groups is 1. The molecule has 1 aromatic carbocycles. The van der Waals surface area contributed by atoms with E-state index in [1.807, 2.05) is 0 Å². The molecule has 0 saturated carbocycles. The van der Waals surface area contributed by atoms with Gasteiger partial charge in [-0.1, -0.05) is 12.1 Å². The van der Waals surface area contributed by atoms with Crippen molar-refractivity contribution in [2.24, 2.45) is 5.16 Å². The standard InChI is InChI=1S/C23H20FN3O5/c1-4-23(30)16-6-19-20-14(9-27(19)21(28)15(16)10-32-22(23)29)13(8-25-31-3)12-5-11(2)17(24)7-18(12)26-20/h5-8,30H,4,9-10H2,1-3H3/b25-8+/t23-/m0/s1. The van der Waals surface area contributed by atoms with Gasteiger partial charge in [-0.3, -0.25) is 4.79 Å². The second-order valence-electron chi connectivity index (χ2n) is 7.99. The van der Waals surface area contributed by atoms with Crippen LogP contribution in [0.1, 0.15) is 41.2 Å². The highest BCUT2D eigenvalue weighted by Crippen LogP contribution is 2.40. The summed E-state index contributed by atoms with van der Waals surface area (Å²) >= 11 is 0. The average molecular weight is 437 g/mol. The number of esters is 1. The van der Waals surface area contributed by atoms with Gasteiger partial charge in [0.1, 0.15) is 19.5 Å². The van der Waals surface area contributed by atoms with Gasteiger partial charge >= 0.3 is 5.97 Å². The summed E-state index contributed by atoms with van der Waals surface area (Å²) in [5, 5.41) is 15.6. The van der Waals surface area contributed by atoms with Gasteiger partial charge in [0.2, 0.25) is 0 Å². The molecule has 5 rings (SSSR count). The Hall–Kier alpha value is -3.59. The zero-order valence-electron chi connectivity index (χ0n) is 17.7. The number of hydrogen-bond donors (Lipinski definition) is 1. The lowest BCUT2D eigenvalue weighted by Gasteiger charge is -2.31. The number of carbonyl (C=O) groups is 1. The van der Waals surface area contributed by atoms with Crippen LogP contribution in [0, 0.1) is 12.7 Å². The number of benzene rings is 1. The number of aromatic nitrogens is 2. The third kappa shape index (κ3) is 2.64. The summed E-state index contributed by atoms with van der Waals surface area (Å²) < 4.78 is 20.9. The van der Waals surface area contributed by atoms with Gasteiger partial charge in [-0.25, -0.2) is 14.2 Å². The Balaban J connectivity index is 1.85. The lowest BCUT2D eigenvalue weighted by atomic mass is 9.86. The maximum Gasteiger partial charge on any atom is 0.343 e. The molecule has 0 spiro atoms. The first-order valence-corrected chi connectivity index (χ1v) is 10.2. The number of pyridine rings is 2. The maximum atomic E-state index is 14.3. The van der Waals surface area contributed by atoms with Gasteiger partial charge in [0.15, 0.2) is 5.60 Å². The third-order valence-electron chi connectivity index (χ3n) is 6.30. The molecule has 0 bridgehead atoms. The molecule has 0 radical (unpaired) electrons. The van der Waals surface area contributed by atoms with Crippen molar-refractivity contribution in [3.63, 3.8) is 0 Å². The molecule has 0 fully saturated rings. The molecule has 32 heavy (non-hydrogen) atoms. The summed E-state index contributed by atoms with van der Waals surface area (Å²) in [6.07, 6.45) is 1.57. The monoisotopic (exact) mass is 437 g/mol. The van der Waals surface area contributed by atoms with Crippen LogP contribution in [-0.4, -0.2) is 34.0 Å². The molecule has 2 aliphatic rings. The molecule has 4 heterocycles. The van der Waals surface area contributed by atoms with Gasteiger partial charge in [0.05, 0.1) is 35.2 Å². The van der Waals surface area contributed by atoms with Gasteiger partial charge in [0.25, 0.3) is 5.56 Å². The Bertz CT molecular complexity index is 1410. The summed E-state index contributed by atoms with van der Waals surface area (Å²) in [5.41, 5.74) is 1.34. The molecule has 1 N–H and O–H groups in total. The number of ether oxygens (including phenoxy) is 1. The number of nitrogens with zero attached hydrogens (tertiary/aromatic N) is 3. The van der Waals surface area contributed by atoms with Gasteiger partial charge in [-0.2, -0.15) is 0 Å². The second kappa shape index (κ2) is 6.96. The number of carbonyl (C=O) groups excluding carboxylic acids is 1. The molecule has 3 aromatic rings. The number of halogens is 1. The van der Waals surface area contributed by atoms with Crippen LogP contribution < -0.4 is 5.56 Å². The van der Waals surface area contributed by atoms with E-state index in [0.717, 1.165) is 5.56 Å². The summed E-state index contributed by atoms with van der Waals surface area (Å²) in [6.45, 7) is 3.31. The van der Waals surface area contributed by atoms with Crippen LogP contribution >= 0.6 is 0 Å². The SMILES string of the molecule is CC[C@@]1(O)C(=O)OCc2c1cc1n(c2=O)Cc2c-1nc1cc(F)c(C)cc1c2/C=N/OC. The molecular weight excluding hydrogens is 417 g/mol. The van der Waals surface area contributed by atoms with Gasteiger partial charge in [-0.15, -0.1) is 0 Å². The summed E-state index contributed by atoms with van der Waals surface area (Å²) in [5.74, 6) is -1.18. The fourth-order valence-corrected chi connectivity index (χ4v) is 4.49. The first-order valence-electron chi connectivity index (χ1n) is 10.2. The molecule has 8 nitrogen and oxygen atoms in total. The molecule has 164 valence electrons. The zero-order chi connectivity index (χ0) is 22.8. The Morgan fingerprint density at radius 3 is 2.84 bits per heavy atom. The number of hydrogen-bond acceptors (Lipinski definition) is 7. The van der Waals surface area contributed by atoms with E-state index in [1.54, 1.807) is 26.0 Å². The van der Waals surface area contributed by atoms with Crippen molar-refractivity contribution in [2.75, 3.05) is 7.11 Å². The van der Waals surface area contributed by atoms with Crippen molar-refractivity contribution in [1.82, 2.24) is 9.55 Å². The van der Waals surface area contributed by atoms with Crippen molar-refractivity contribution < 1.29 is 23.9 Å². The van der Waals surface area contributed by atoms with Crippen LogP contribution in [0.2, 0.25) is 0 Å². The Morgan fingerprint density at radius 2 is 2.12 bits per heavy atom.